The van der Waals surface area contributed by atoms with Gasteiger partial charge in [0.2, 0.25) is 5.91 Å². The van der Waals surface area contributed by atoms with Crippen LogP contribution in [0.1, 0.15) is 38.5 Å². The van der Waals surface area contributed by atoms with Crippen LogP contribution in [0.25, 0.3) is 0 Å². The minimum Gasteiger partial charge on any atom is -0.355 e. The van der Waals surface area contributed by atoms with Gasteiger partial charge in [-0.2, -0.15) is 0 Å². The van der Waals surface area contributed by atoms with E-state index in [-0.39, 0.29) is 30.7 Å². The molecule has 0 radical (unpaired) electrons. The molecule has 0 saturated carbocycles. The van der Waals surface area contributed by atoms with E-state index >= 15 is 0 Å². The monoisotopic (exact) mass is 382 g/mol. The second kappa shape index (κ2) is 13.2. The number of piperidine rings is 2. The van der Waals surface area contributed by atoms with Crippen molar-refractivity contribution in [3.63, 3.8) is 0 Å². The van der Waals surface area contributed by atoms with Gasteiger partial charge >= 0.3 is 0 Å². The lowest BCUT2D eigenvalue weighted by Crippen LogP contribution is -2.44. The van der Waals surface area contributed by atoms with Crippen molar-refractivity contribution in [2.24, 2.45) is 5.92 Å². The SMILES string of the molecule is CN(C)C1CCN(CCNC(=O)CCC2CCNCC2)CC1.Cl.Cl. The van der Waals surface area contributed by atoms with E-state index in [1.807, 2.05) is 0 Å². The van der Waals surface area contributed by atoms with Gasteiger partial charge in [0.05, 0.1) is 0 Å². The normalized spacial score (nSPS) is 20.3. The highest BCUT2D eigenvalue weighted by molar-refractivity contribution is 5.85. The van der Waals surface area contributed by atoms with E-state index in [4.69, 9.17) is 0 Å². The van der Waals surface area contributed by atoms with Crippen molar-refractivity contribution in [1.82, 2.24) is 20.4 Å². The van der Waals surface area contributed by atoms with Crippen molar-refractivity contribution in [2.45, 2.75) is 44.6 Å². The van der Waals surface area contributed by atoms with Crippen molar-refractivity contribution >= 4 is 30.7 Å². The molecule has 2 N–H and O–H groups in total. The molecule has 0 bridgehead atoms. The first-order valence-corrected chi connectivity index (χ1v) is 9.01. The highest BCUT2D eigenvalue weighted by Gasteiger charge is 2.20. The van der Waals surface area contributed by atoms with Gasteiger partial charge in [-0.3, -0.25) is 4.79 Å². The molecule has 2 heterocycles. The van der Waals surface area contributed by atoms with Gasteiger partial charge < -0.3 is 20.4 Å². The number of carbonyl (C=O) groups is 1. The van der Waals surface area contributed by atoms with Crippen LogP contribution in [0.3, 0.4) is 0 Å². The third-order valence-corrected chi connectivity index (χ3v) is 5.28. The number of nitrogens with zero attached hydrogens (tertiary/aromatic N) is 2. The van der Waals surface area contributed by atoms with E-state index in [1.54, 1.807) is 0 Å². The predicted octanol–water partition coefficient (Wildman–Crippen LogP) is 1.75. The minimum absolute atomic E-state index is 0. The van der Waals surface area contributed by atoms with E-state index in [0.717, 1.165) is 57.6 Å². The molecule has 0 aromatic heterocycles. The van der Waals surface area contributed by atoms with Gasteiger partial charge in [0.15, 0.2) is 0 Å². The molecular weight excluding hydrogens is 347 g/mol. The van der Waals surface area contributed by atoms with E-state index < -0.39 is 0 Å². The molecule has 0 atom stereocenters. The summed E-state index contributed by atoms with van der Waals surface area (Å²) in [5.74, 6) is 0.985. The Hall–Kier alpha value is -0.0700. The van der Waals surface area contributed by atoms with Gasteiger partial charge in [-0.1, -0.05) is 0 Å². The quantitative estimate of drug-likeness (QED) is 0.703. The molecule has 24 heavy (non-hydrogen) atoms. The van der Waals surface area contributed by atoms with Crippen molar-refractivity contribution in [3.8, 4) is 0 Å². The highest BCUT2D eigenvalue weighted by Crippen LogP contribution is 2.17. The molecular formula is C17H36Cl2N4O. The Bertz CT molecular complexity index is 331. The fourth-order valence-corrected chi connectivity index (χ4v) is 3.61. The smallest absolute Gasteiger partial charge is 0.220 e. The Labute approximate surface area is 160 Å². The van der Waals surface area contributed by atoms with Crippen molar-refractivity contribution < 1.29 is 4.79 Å². The molecule has 0 aliphatic carbocycles. The zero-order chi connectivity index (χ0) is 15.8. The van der Waals surface area contributed by atoms with E-state index in [0.29, 0.717) is 6.42 Å². The predicted molar refractivity (Wildman–Crippen MR) is 105 cm³/mol. The molecule has 2 aliphatic rings. The Balaban J connectivity index is 0.00000264. The largest absolute Gasteiger partial charge is 0.355 e. The second-order valence-corrected chi connectivity index (χ2v) is 7.12. The molecule has 0 aromatic rings. The third kappa shape index (κ3) is 8.86. The summed E-state index contributed by atoms with van der Waals surface area (Å²) in [7, 11) is 4.34. The maximum Gasteiger partial charge on any atom is 0.220 e. The van der Waals surface area contributed by atoms with Gasteiger partial charge in [-0.25, -0.2) is 0 Å². The Morgan fingerprint density at radius 3 is 2.33 bits per heavy atom. The summed E-state index contributed by atoms with van der Waals surface area (Å²) in [5, 5.41) is 6.47. The molecule has 7 heteroatoms. The Kier molecular flexibility index (Phi) is 13.1. The number of carbonyl (C=O) groups excluding carboxylic acids is 1. The Morgan fingerprint density at radius 2 is 1.75 bits per heavy atom. The van der Waals surface area contributed by atoms with E-state index in [2.05, 4.69) is 34.5 Å². The zero-order valence-corrected chi connectivity index (χ0v) is 16.9. The summed E-state index contributed by atoms with van der Waals surface area (Å²) in [6, 6.07) is 0.732. The van der Waals surface area contributed by atoms with Gasteiger partial charge in [-0.05, 0) is 78.3 Å². The van der Waals surface area contributed by atoms with Gasteiger partial charge in [-0.15, -0.1) is 24.8 Å². The lowest BCUT2D eigenvalue weighted by Gasteiger charge is -2.35. The molecule has 0 unspecified atom stereocenters. The number of likely N-dealkylation sites (tertiary alicyclic amines) is 1. The molecule has 0 spiro atoms. The van der Waals surface area contributed by atoms with Crippen LogP contribution in [0, 0.1) is 5.92 Å². The Morgan fingerprint density at radius 1 is 1.12 bits per heavy atom. The van der Waals surface area contributed by atoms with Gasteiger partial charge in [0.1, 0.15) is 0 Å². The maximum absolute atomic E-state index is 11.9. The molecule has 0 aromatic carbocycles. The lowest BCUT2D eigenvalue weighted by atomic mass is 9.93. The average Bonchev–Trinajstić information content (AvgIpc) is 2.54. The van der Waals surface area contributed by atoms with Crippen LogP contribution in [-0.2, 0) is 4.79 Å². The topological polar surface area (TPSA) is 47.6 Å². The van der Waals surface area contributed by atoms with Crippen LogP contribution in [0.4, 0.5) is 0 Å². The molecule has 2 rings (SSSR count). The molecule has 1 amide bonds. The zero-order valence-electron chi connectivity index (χ0n) is 15.3. The number of hydrogen-bond donors (Lipinski definition) is 2. The summed E-state index contributed by atoms with van der Waals surface area (Å²) in [6.07, 6.45) is 6.71. The van der Waals surface area contributed by atoms with Crippen LogP contribution in [0.5, 0.6) is 0 Å². The van der Waals surface area contributed by atoms with Crippen LogP contribution < -0.4 is 10.6 Å². The van der Waals surface area contributed by atoms with Gasteiger partial charge in [0, 0.05) is 25.6 Å². The molecule has 144 valence electrons. The number of hydrogen-bond acceptors (Lipinski definition) is 4. The fourth-order valence-electron chi connectivity index (χ4n) is 3.61. The molecule has 2 saturated heterocycles. The van der Waals surface area contributed by atoms with E-state index in [1.165, 1.54) is 25.7 Å². The second-order valence-electron chi connectivity index (χ2n) is 7.12. The average molecular weight is 383 g/mol. The van der Waals surface area contributed by atoms with Crippen LogP contribution in [0.15, 0.2) is 0 Å². The van der Waals surface area contributed by atoms with Crippen molar-refractivity contribution in [3.05, 3.63) is 0 Å². The number of halogens is 2. The third-order valence-electron chi connectivity index (χ3n) is 5.28. The van der Waals surface area contributed by atoms with Crippen LogP contribution >= 0.6 is 24.8 Å². The number of amides is 1. The minimum atomic E-state index is 0. The summed E-state index contributed by atoms with van der Waals surface area (Å²) < 4.78 is 0. The summed E-state index contributed by atoms with van der Waals surface area (Å²) >= 11 is 0. The van der Waals surface area contributed by atoms with Crippen molar-refractivity contribution in [1.29, 1.82) is 0 Å². The highest BCUT2D eigenvalue weighted by atomic mass is 35.5. The first kappa shape index (κ1) is 23.9. The standard InChI is InChI=1S/C17H34N4O.2ClH/c1-20(2)16-7-12-21(13-8-16)14-11-19-17(22)4-3-15-5-9-18-10-6-15;;/h15-16,18H,3-14H2,1-2H3,(H,19,22);2*1H. The summed E-state index contributed by atoms with van der Waals surface area (Å²) in [4.78, 5) is 16.7. The first-order valence-electron chi connectivity index (χ1n) is 9.01. The van der Waals surface area contributed by atoms with E-state index in [9.17, 15) is 4.79 Å². The number of rotatable bonds is 7. The van der Waals surface area contributed by atoms with Crippen molar-refractivity contribution in [2.75, 3.05) is 53.4 Å². The maximum atomic E-state index is 11.9. The molecule has 2 aliphatic heterocycles. The molecule has 2 fully saturated rings. The molecule has 5 nitrogen and oxygen atoms in total. The van der Waals surface area contributed by atoms with Gasteiger partial charge in [0.25, 0.3) is 0 Å². The lowest BCUT2D eigenvalue weighted by molar-refractivity contribution is -0.121. The summed E-state index contributed by atoms with van der Waals surface area (Å²) in [5.41, 5.74) is 0. The summed E-state index contributed by atoms with van der Waals surface area (Å²) in [6.45, 7) is 6.36. The van der Waals surface area contributed by atoms with Crippen LogP contribution in [-0.4, -0.2) is 75.1 Å². The van der Waals surface area contributed by atoms with Crippen LogP contribution in [0.2, 0.25) is 0 Å². The fraction of sp³-hybridized carbons (Fsp3) is 0.941. The number of nitrogens with one attached hydrogen (secondary N) is 2. The first-order chi connectivity index (χ1) is 10.6.